The van der Waals surface area contributed by atoms with Gasteiger partial charge < -0.3 is 5.32 Å². The quantitative estimate of drug-likeness (QED) is 0.789. The van der Waals surface area contributed by atoms with Gasteiger partial charge in [0.15, 0.2) is 0 Å². The minimum atomic E-state index is -3.94. The normalized spacial score (nSPS) is 24.9. The first-order valence-electron chi connectivity index (χ1n) is 6.50. The maximum absolute atomic E-state index is 12.7. The van der Waals surface area contributed by atoms with E-state index in [1.54, 1.807) is 6.92 Å². The van der Waals surface area contributed by atoms with E-state index >= 15 is 0 Å². The van der Waals surface area contributed by atoms with E-state index in [0.717, 1.165) is 6.07 Å². The smallest absolute Gasteiger partial charge is 0.243 e. The average molecular weight is 333 g/mol. The van der Waals surface area contributed by atoms with Gasteiger partial charge in [-0.15, -0.1) is 0 Å². The summed E-state index contributed by atoms with van der Waals surface area (Å²) in [7, 11) is -7.69. The minimum Gasteiger partial charge on any atom is -0.311 e. The molecule has 0 radical (unpaired) electrons. The van der Waals surface area contributed by atoms with Gasteiger partial charge in [0.05, 0.1) is 9.79 Å². The van der Waals surface area contributed by atoms with Crippen LogP contribution in [0.5, 0.6) is 0 Å². The highest BCUT2D eigenvalue weighted by atomic mass is 32.2. The molecule has 3 N–H and O–H groups in total. The van der Waals surface area contributed by atoms with Crippen LogP contribution in [0.1, 0.15) is 13.8 Å². The van der Waals surface area contributed by atoms with Gasteiger partial charge in [-0.2, -0.15) is 4.31 Å². The summed E-state index contributed by atoms with van der Waals surface area (Å²) in [4.78, 5) is -0.269. The second-order valence-corrected chi connectivity index (χ2v) is 8.70. The highest BCUT2D eigenvalue weighted by molar-refractivity contribution is 7.90. The first-order chi connectivity index (χ1) is 9.62. The van der Waals surface area contributed by atoms with E-state index in [2.05, 4.69) is 5.32 Å². The molecule has 0 amide bonds. The molecule has 118 valence electrons. The van der Waals surface area contributed by atoms with Gasteiger partial charge in [0, 0.05) is 25.2 Å². The van der Waals surface area contributed by atoms with Gasteiger partial charge in [-0.05, 0) is 32.0 Å². The largest absolute Gasteiger partial charge is 0.311 e. The van der Waals surface area contributed by atoms with Crippen LogP contribution in [-0.2, 0) is 20.0 Å². The number of primary sulfonamides is 1. The molecule has 0 saturated carbocycles. The average Bonchev–Trinajstić information content (AvgIpc) is 2.40. The first-order valence-corrected chi connectivity index (χ1v) is 9.49. The molecule has 9 heteroatoms. The molecule has 0 spiro atoms. The van der Waals surface area contributed by atoms with E-state index < -0.39 is 20.0 Å². The van der Waals surface area contributed by atoms with E-state index in [1.807, 2.05) is 6.92 Å². The van der Waals surface area contributed by atoms with Crippen molar-refractivity contribution in [2.45, 2.75) is 35.7 Å². The summed E-state index contributed by atoms with van der Waals surface area (Å²) in [5, 5.41) is 8.25. The Morgan fingerprint density at radius 3 is 2.43 bits per heavy atom. The van der Waals surface area contributed by atoms with Crippen LogP contribution in [0, 0.1) is 0 Å². The van der Waals surface area contributed by atoms with Crippen molar-refractivity contribution in [1.82, 2.24) is 9.62 Å². The summed E-state index contributed by atoms with van der Waals surface area (Å²) in [6, 6.07) is 4.97. The highest BCUT2D eigenvalue weighted by Crippen LogP contribution is 2.22. The fourth-order valence-corrected chi connectivity index (χ4v) is 4.67. The van der Waals surface area contributed by atoms with E-state index in [-0.39, 0.29) is 21.9 Å². The van der Waals surface area contributed by atoms with Crippen LogP contribution in [0.4, 0.5) is 0 Å². The summed E-state index contributed by atoms with van der Waals surface area (Å²) in [6.07, 6.45) is 0. The first kappa shape index (κ1) is 16.4. The van der Waals surface area contributed by atoms with Crippen molar-refractivity contribution in [3.05, 3.63) is 24.3 Å². The molecule has 0 aromatic heterocycles. The number of hydrogen-bond acceptors (Lipinski definition) is 5. The lowest BCUT2D eigenvalue weighted by Gasteiger charge is -2.36. The summed E-state index contributed by atoms with van der Waals surface area (Å²) in [5.74, 6) is 0. The van der Waals surface area contributed by atoms with Gasteiger partial charge in [-0.25, -0.2) is 22.0 Å². The van der Waals surface area contributed by atoms with Crippen molar-refractivity contribution in [1.29, 1.82) is 0 Å². The zero-order chi connectivity index (χ0) is 15.8. The van der Waals surface area contributed by atoms with E-state index in [9.17, 15) is 16.8 Å². The molecule has 0 bridgehead atoms. The fraction of sp³-hybridized carbons (Fsp3) is 0.500. The monoisotopic (exact) mass is 333 g/mol. The predicted molar refractivity (Wildman–Crippen MR) is 78.6 cm³/mol. The number of rotatable bonds is 3. The lowest BCUT2D eigenvalue weighted by Crippen LogP contribution is -2.56. The number of nitrogens with one attached hydrogen (secondary N) is 1. The topological polar surface area (TPSA) is 110 Å². The van der Waals surface area contributed by atoms with Gasteiger partial charge in [0.1, 0.15) is 0 Å². The molecule has 1 aliphatic rings. The molecule has 1 fully saturated rings. The molecule has 2 atom stereocenters. The summed E-state index contributed by atoms with van der Waals surface area (Å²) >= 11 is 0. The Bertz CT molecular complexity index is 731. The van der Waals surface area contributed by atoms with Crippen LogP contribution in [0.25, 0.3) is 0 Å². The van der Waals surface area contributed by atoms with Gasteiger partial charge in [-0.3, -0.25) is 0 Å². The van der Waals surface area contributed by atoms with Crippen LogP contribution in [0.15, 0.2) is 34.1 Å². The maximum atomic E-state index is 12.7. The van der Waals surface area contributed by atoms with Gasteiger partial charge >= 0.3 is 0 Å². The third kappa shape index (κ3) is 3.43. The summed E-state index contributed by atoms with van der Waals surface area (Å²) in [6.45, 7) is 4.59. The molecule has 2 unspecified atom stereocenters. The molecule has 1 aromatic rings. The molecular formula is C12H19N3O4S2. The third-order valence-electron chi connectivity index (χ3n) is 3.45. The number of nitrogens with zero attached hydrogens (tertiary/aromatic N) is 1. The van der Waals surface area contributed by atoms with Crippen molar-refractivity contribution >= 4 is 20.0 Å². The van der Waals surface area contributed by atoms with Crippen LogP contribution in [0.3, 0.4) is 0 Å². The Balaban J connectivity index is 2.44. The van der Waals surface area contributed by atoms with Gasteiger partial charge in [0.25, 0.3) is 0 Å². The number of sulfonamides is 2. The van der Waals surface area contributed by atoms with Crippen molar-refractivity contribution in [3.63, 3.8) is 0 Å². The van der Waals surface area contributed by atoms with Gasteiger partial charge in [-0.1, -0.05) is 6.07 Å². The van der Waals surface area contributed by atoms with E-state index in [1.165, 1.54) is 22.5 Å². The third-order valence-corrected chi connectivity index (χ3v) is 6.33. The van der Waals surface area contributed by atoms with Crippen LogP contribution in [-0.4, -0.2) is 46.3 Å². The Labute approximate surface area is 125 Å². The molecule has 1 aliphatic heterocycles. The van der Waals surface area contributed by atoms with Crippen molar-refractivity contribution in [2.75, 3.05) is 13.1 Å². The second kappa shape index (κ2) is 5.65. The summed E-state index contributed by atoms with van der Waals surface area (Å²) < 4.78 is 49.5. The zero-order valence-corrected chi connectivity index (χ0v) is 13.5. The van der Waals surface area contributed by atoms with Crippen molar-refractivity contribution in [3.8, 4) is 0 Å². The van der Waals surface area contributed by atoms with Crippen molar-refractivity contribution in [2.24, 2.45) is 5.14 Å². The number of piperazine rings is 1. The molecule has 0 aliphatic carbocycles. The maximum Gasteiger partial charge on any atom is 0.243 e. The predicted octanol–water partition coefficient (Wildman–Crippen LogP) is -0.295. The molecular weight excluding hydrogens is 314 g/mol. The molecule has 1 saturated heterocycles. The van der Waals surface area contributed by atoms with E-state index in [4.69, 9.17) is 5.14 Å². The van der Waals surface area contributed by atoms with Gasteiger partial charge in [0.2, 0.25) is 20.0 Å². The Hall–Kier alpha value is -1.00. The standard InChI is InChI=1S/C12H19N3O4S2/c1-9-8-15(10(2)7-14-9)21(18,19)12-5-3-4-11(6-12)20(13,16)17/h3-6,9-10,14H,7-8H2,1-2H3,(H2,13,16,17). The molecule has 21 heavy (non-hydrogen) atoms. The SMILES string of the molecule is CC1CN(S(=O)(=O)c2cccc(S(N)(=O)=O)c2)C(C)CN1. The second-order valence-electron chi connectivity index (χ2n) is 5.25. The molecule has 7 nitrogen and oxygen atoms in total. The Kier molecular flexibility index (Phi) is 4.41. The Morgan fingerprint density at radius 2 is 1.81 bits per heavy atom. The lowest BCUT2D eigenvalue weighted by molar-refractivity contribution is 0.244. The zero-order valence-electron chi connectivity index (χ0n) is 11.9. The summed E-state index contributed by atoms with van der Waals surface area (Å²) in [5.41, 5.74) is 0. The lowest BCUT2D eigenvalue weighted by atomic mass is 10.2. The minimum absolute atomic E-state index is 0.0393. The number of hydrogen-bond donors (Lipinski definition) is 2. The number of nitrogens with two attached hydrogens (primary N) is 1. The highest BCUT2D eigenvalue weighted by Gasteiger charge is 2.33. The molecule has 2 rings (SSSR count). The fourth-order valence-electron chi connectivity index (χ4n) is 2.27. The number of benzene rings is 1. The molecule has 1 aromatic carbocycles. The van der Waals surface area contributed by atoms with Crippen LogP contribution < -0.4 is 10.5 Å². The molecule has 1 heterocycles. The Morgan fingerprint density at radius 1 is 1.19 bits per heavy atom. The van der Waals surface area contributed by atoms with E-state index in [0.29, 0.717) is 13.1 Å². The van der Waals surface area contributed by atoms with Crippen molar-refractivity contribution < 1.29 is 16.8 Å². The van der Waals surface area contributed by atoms with Crippen LogP contribution in [0.2, 0.25) is 0 Å². The van der Waals surface area contributed by atoms with Crippen LogP contribution >= 0.6 is 0 Å².